The van der Waals surface area contributed by atoms with Crippen LogP contribution >= 0.6 is 11.3 Å². The number of thiazole rings is 1. The van der Waals surface area contributed by atoms with E-state index in [1.807, 2.05) is 17.4 Å². The van der Waals surface area contributed by atoms with Crippen molar-refractivity contribution in [3.8, 4) is 0 Å². The Morgan fingerprint density at radius 3 is 3.00 bits per heavy atom. The molecule has 0 spiro atoms. The molecule has 0 unspecified atom stereocenters. The zero-order valence-corrected chi connectivity index (χ0v) is 12.0. The molecule has 1 aromatic carbocycles. The molecule has 2 aromatic heterocycles. The molecule has 21 heavy (non-hydrogen) atoms. The Morgan fingerprint density at radius 1 is 1.48 bits per heavy atom. The molecular formula is C14H11N3O3S. The number of carbonyl (C=O) groups excluding carboxylic acids is 1. The predicted molar refractivity (Wildman–Crippen MR) is 79.1 cm³/mol. The molecule has 0 aliphatic heterocycles. The minimum atomic E-state index is -0.401. The van der Waals surface area contributed by atoms with Crippen LogP contribution in [-0.2, 0) is 6.42 Å². The van der Waals surface area contributed by atoms with Gasteiger partial charge in [-0.25, -0.2) is 4.98 Å². The number of benzene rings is 1. The molecule has 0 saturated heterocycles. The van der Waals surface area contributed by atoms with E-state index in [1.165, 1.54) is 17.4 Å². The average molecular weight is 301 g/mol. The number of aromatic nitrogens is 2. The highest BCUT2D eigenvalue weighted by Gasteiger charge is 2.14. The molecule has 0 saturated carbocycles. The van der Waals surface area contributed by atoms with Crippen LogP contribution in [0.1, 0.15) is 26.6 Å². The number of aldehydes is 1. The second kappa shape index (κ2) is 5.10. The van der Waals surface area contributed by atoms with E-state index in [9.17, 15) is 14.9 Å². The van der Waals surface area contributed by atoms with E-state index in [0.29, 0.717) is 12.1 Å². The van der Waals surface area contributed by atoms with Crippen LogP contribution in [0.15, 0.2) is 30.5 Å². The molecular weight excluding hydrogens is 290 g/mol. The molecule has 0 bridgehead atoms. The van der Waals surface area contributed by atoms with E-state index in [4.69, 9.17) is 0 Å². The van der Waals surface area contributed by atoms with Gasteiger partial charge in [-0.3, -0.25) is 19.3 Å². The van der Waals surface area contributed by atoms with E-state index in [0.717, 1.165) is 27.4 Å². The summed E-state index contributed by atoms with van der Waals surface area (Å²) in [6, 6.07) is 6.58. The van der Waals surface area contributed by atoms with Crippen LogP contribution in [0.5, 0.6) is 0 Å². The molecule has 0 aliphatic carbocycles. The van der Waals surface area contributed by atoms with Gasteiger partial charge < -0.3 is 0 Å². The second-order valence-corrected chi connectivity index (χ2v) is 5.70. The third-order valence-corrected chi connectivity index (χ3v) is 4.47. The Kier molecular flexibility index (Phi) is 3.26. The molecule has 0 fully saturated rings. The number of fused-ring (bicyclic) bond motifs is 1. The first-order valence-electron chi connectivity index (χ1n) is 6.24. The van der Waals surface area contributed by atoms with Crippen molar-refractivity contribution in [2.24, 2.45) is 0 Å². The molecule has 3 rings (SSSR count). The highest BCUT2D eigenvalue weighted by atomic mass is 32.1. The lowest BCUT2D eigenvalue weighted by atomic mass is 10.1. The van der Waals surface area contributed by atoms with E-state index in [1.54, 1.807) is 18.3 Å². The topological polar surface area (TPSA) is 77.5 Å². The minimum Gasteiger partial charge on any atom is -0.296 e. The summed E-state index contributed by atoms with van der Waals surface area (Å²) in [5, 5.41) is 10.8. The van der Waals surface area contributed by atoms with Gasteiger partial charge in [0, 0.05) is 29.1 Å². The zero-order chi connectivity index (χ0) is 15.0. The Morgan fingerprint density at radius 2 is 2.29 bits per heavy atom. The summed E-state index contributed by atoms with van der Waals surface area (Å²) in [7, 11) is 0. The van der Waals surface area contributed by atoms with Crippen molar-refractivity contribution >= 4 is 28.3 Å². The SMILES string of the molecule is Cc1c(Cc2cccc([N+](=O)[O-])c2)sc2ncc(C=O)n12. The normalized spacial score (nSPS) is 10.9. The maximum absolute atomic E-state index is 11.0. The van der Waals surface area contributed by atoms with Gasteiger partial charge in [-0.15, -0.1) is 11.3 Å². The van der Waals surface area contributed by atoms with Gasteiger partial charge in [-0.05, 0) is 12.5 Å². The van der Waals surface area contributed by atoms with Crippen molar-refractivity contribution in [2.75, 3.05) is 0 Å². The molecule has 3 aromatic rings. The highest BCUT2D eigenvalue weighted by molar-refractivity contribution is 7.17. The fourth-order valence-electron chi connectivity index (χ4n) is 2.28. The number of imidazole rings is 1. The molecule has 2 heterocycles. The lowest BCUT2D eigenvalue weighted by molar-refractivity contribution is -0.384. The van der Waals surface area contributed by atoms with Gasteiger partial charge >= 0.3 is 0 Å². The number of nitrogens with zero attached hydrogens (tertiary/aromatic N) is 3. The van der Waals surface area contributed by atoms with Gasteiger partial charge in [0.2, 0.25) is 0 Å². The number of hydrogen-bond donors (Lipinski definition) is 0. The van der Waals surface area contributed by atoms with Gasteiger partial charge in [0.1, 0.15) is 5.69 Å². The number of nitro benzene ring substituents is 1. The number of non-ortho nitro benzene ring substituents is 1. The summed E-state index contributed by atoms with van der Waals surface area (Å²) < 4.78 is 1.81. The molecule has 0 N–H and O–H groups in total. The first-order chi connectivity index (χ1) is 10.1. The number of nitro groups is 1. The number of hydrogen-bond acceptors (Lipinski definition) is 5. The zero-order valence-electron chi connectivity index (χ0n) is 11.1. The highest BCUT2D eigenvalue weighted by Crippen LogP contribution is 2.26. The lowest BCUT2D eigenvalue weighted by Gasteiger charge is -2.01. The quantitative estimate of drug-likeness (QED) is 0.421. The number of carbonyl (C=O) groups is 1. The Labute approximate surface area is 123 Å². The maximum atomic E-state index is 11.0. The summed E-state index contributed by atoms with van der Waals surface area (Å²) in [5.41, 5.74) is 2.41. The molecule has 7 heteroatoms. The van der Waals surface area contributed by atoms with Crippen LogP contribution in [0.3, 0.4) is 0 Å². The fourth-order valence-corrected chi connectivity index (χ4v) is 3.41. The van der Waals surface area contributed by atoms with Gasteiger partial charge in [0.05, 0.1) is 11.1 Å². The minimum absolute atomic E-state index is 0.0834. The standard InChI is InChI=1S/C14H11N3O3S/c1-9-13(21-14-15-7-12(8-18)16(9)14)6-10-3-2-4-11(5-10)17(19)20/h2-5,7-8H,6H2,1H3. The van der Waals surface area contributed by atoms with Crippen molar-refractivity contribution < 1.29 is 9.72 Å². The molecule has 0 aliphatic rings. The number of rotatable bonds is 4. The second-order valence-electron chi connectivity index (χ2n) is 4.63. The van der Waals surface area contributed by atoms with Crippen LogP contribution in [0.2, 0.25) is 0 Å². The van der Waals surface area contributed by atoms with Crippen LogP contribution in [0.4, 0.5) is 5.69 Å². The smallest absolute Gasteiger partial charge is 0.269 e. The average Bonchev–Trinajstić information content (AvgIpc) is 3.00. The molecule has 0 atom stereocenters. The van der Waals surface area contributed by atoms with Crippen molar-refractivity contribution in [3.63, 3.8) is 0 Å². The van der Waals surface area contributed by atoms with Crippen molar-refractivity contribution in [1.82, 2.24) is 9.38 Å². The van der Waals surface area contributed by atoms with Crippen LogP contribution in [0, 0.1) is 17.0 Å². The van der Waals surface area contributed by atoms with Gasteiger partial charge in [-0.1, -0.05) is 12.1 Å². The van der Waals surface area contributed by atoms with Crippen molar-refractivity contribution in [3.05, 3.63) is 62.4 Å². The maximum Gasteiger partial charge on any atom is 0.269 e. The Bertz CT molecular complexity index is 850. The van der Waals surface area contributed by atoms with Crippen LogP contribution < -0.4 is 0 Å². The van der Waals surface area contributed by atoms with Crippen LogP contribution in [0.25, 0.3) is 4.96 Å². The molecule has 6 nitrogen and oxygen atoms in total. The largest absolute Gasteiger partial charge is 0.296 e. The summed E-state index contributed by atoms with van der Waals surface area (Å²) in [6.07, 6.45) is 2.90. The summed E-state index contributed by atoms with van der Waals surface area (Å²) in [6.45, 7) is 1.92. The number of aryl methyl sites for hydroxylation is 1. The van der Waals surface area contributed by atoms with Gasteiger partial charge in [0.15, 0.2) is 11.2 Å². The van der Waals surface area contributed by atoms with Crippen molar-refractivity contribution in [1.29, 1.82) is 0 Å². The van der Waals surface area contributed by atoms with E-state index < -0.39 is 4.92 Å². The third-order valence-electron chi connectivity index (χ3n) is 3.32. The molecule has 0 amide bonds. The Hall–Kier alpha value is -2.54. The molecule has 106 valence electrons. The van der Waals surface area contributed by atoms with Crippen molar-refractivity contribution in [2.45, 2.75) is 13.3 Å². The van der Waals surface area contributed by atoms with E-state index >= 15 is 0 Å². The fraction of sp³-hybridized carbons (Fsp3) is 0.143. The molecule has 0 radical (unpaired) electrons. The third kappa shape index (κ3) is 2.31. The Balaban J connectivity index is 2.00. The van der Waals surface area contributed by atoms with Crippen LogP contribution in [-0.4, -0.2) is 20.6 Å². The van der Waals surface area contributed by atoms with E-state index in [-0.39, 0.29) is 5.69 Å². The summed E-state index contributed by atoms with van der Waals surface area (Å²) >= 11 is 1.49. The monoisotopic (exact) mass is 301 g/mol. The first-order valence-corrected chi connectivity index (χ1v) is 7.06. The van der Waals surface area contributed by atoms with Gasteiger partial charge in [0.25, 0.3) is 5.69 Å². The van der Waals surface area contributed by atoms with Gasteiger partial charge in [-0.2, -0.15) is 0 Å². The summed E-state index contributed by atoms with van der Waals surface area (Å²) in [5.74, 6) is 0. The lowest BCUT2D eigenvalue weighted by Crippen LogP contribution is -1.95. The predicted octanol–water partition coefficient (Wildman–Crippen LogP) is 3.02. The first kappa shape index (κ1) is 13.4. The van der Waals surface area contributed by atoms with E-state index in [2.05, 4.69) is 4.98 Å². The summed E-state index contributed by atoms with van der Waals surface area (Å²) in [4.78, 5) is 27.4.